The van der Waals surface area contributed by atoms with Gasteiger partial charge in [-0.25, -0.2) is 12.7 Å². The first kappa shape index (κ1) is 23.7. The normalized spacial score (nSPS) is 28.8. The van der Waals surface area contributed by atoms with Crippen LogP contribution in [0.1, 0.15) is 30.0 Å². The van der Waals surface area contributed by atoms with E-state index in [2.05, 4.69) is 0 Å². The van der Waals surface area contributed by atoms with Crippen LogP contribution in [0.25, 0.3) is 0 Å². The molecule has 3 aliphatic rings. The van der Waals surface area contributed by atoms with Crippen molar-refractivity contribution in [3.05, 3.63) is 95.6 Å². The van der Waals surface area contributed by atoms with Crippen molar-refractivity contribution >= 4 is 27.5 Å². The Morgan fingerprint density at radius 3 is 2.22 bits per heavy atom. The Kier molecular flexibility index (Phi) is 4.90. The second kappa shape index (κ2) is 7.66. The molecule has 8 nitrogen and oxygen atoms in total. The number of aryl methyl sites for hydroxylation is 1. The molecule has 3 heterocycles. The van der Waals surface area contributed by atoms with Gasteiger partial charge in [0.2, 0.25) is 11.6 Å². The van der Waals surface area contributed by atoms with Gasteiger partial charge in [-0.3, -0.25) is 14.5 Å². The van der Waals surface area contributed by atoms with Crippen LogP contribution >= 0.6 is 0 Å². The van der Waals surface area contributed by atoms with Crippen LogP contribution in [0.4, 0.5) is 5.69 Å². The van der Waals surface area contributed by atoms with E-state index in [0.717, 1.165) is 16.0 Å². The van der Waals surface area contributed by atoms with E-state index in [4.69, 9.17) is 0 Å². The van der Waals surface area contributed by atoms with E-state index >= 15 is 0 Å². The van der Waals surface area contributed by atoms with E-state index in [1.165, 1.54) is 28.4 Å². The molecule has 0 aliphatic carbocycles. The van der Waals surface area contributed by atoms with Crippen LogP contribution in [0.15, 0.2) is 83.8 Å². The number of carbonyl (C=O) groups is 2. The number of amides is 2. The highest BCUT2D eigenvalue weighted by molar-refractivity contribution is 7.92. The number of fused-ring (bicyclic) bond motifs is 5. The first-order valence-corrected chi connectivity index (χ1v) is 13.6. The van der Waals surface area contributed by atoms with E-state index in [1.54, 1.807) is 37.3 Å². The molecule has 190 valence electrons. The van der Waals surface area contributed by atoms with E-state index in [-0.39, 0.29) is 11.3 Å². The molecule has 0 bridgehead atoms. The number of para-hydroxylation sites is 1. The van der Waals surface area contributed by atoms with Gasteiger partial charge in [-0.1, -0.05) is 66.2 Å². The second-order valence-corrected chi connectivity index (χ2v) is 12.0. The Morgan fingerprint density at radius 2 is 1.54 bits per heavy atom. The molecule has 3 aliphatic heterocycles. The maximum Gasteiger partial charge on any atom is 0.276 e. The maximum atomic E-state index is 14.3. The van der Waals surface area contributed by atoms with Crippen LogP contribution in [0.3, 0.4) is 0 Å². The third-order valence-corrected chi connectivity index (χ3v) is 9.94. The van der Waals surface area contributed by atoms with Crippen molar-refractivity contribution in [2.45, 2.75) is 48.5 Å². The zero-order valence-corrected chi connectivity index (χ0v) is 21.5. The van der Waals surface area contributed by atoms with Crippen molar-refractivity contribution in [2.24, 2.45) is 0 Å². The number of hydrogen-bond acceptors (Lipinski definition) is 5. The molecule has 3 aromatic carbocycles. The lowest BCUT2D eigenvalue weighted by Crippen LogP contribution is -2.71. The van der Waals surface area contributed by atoms with Crippen molar-refractivity contribution in [3.8, 4) is 0 Å². The van der Waals surface area contributed by atoms with Crippen LogP contribution in [0.5, 0.6) is 0 Å². The van der Waals surface area contributed by atoms with Crippen LogP contribution < -0.4 is 4.31 Å². The summed E-state index contributed by atoms with van der Waals surface area (Å²) in [7, 11) is -2.72. The topological polar surface area (TPSA) is 98.2 Å². The van der Waals surface area contributed by atoms with Gasteiger partial charge in [-0.05, 0) is 43.2 Å². The predicted octanol–water partition coefficient (Wildman–Crippen LogP) is 2.60. The van der Waals surface area contributed by atoms with Crippen LogP contribution in [-0.2, 0) is 25.0 Å². The van der Waals surface area contributed by atoms with Crippen LogP contribution in [-0.4, -0.2) is 60.1 Å². The molecule has 2 saturated heterocycles. The molecule has 2 fully saturated rings. The average Bonchev–Trinajstić information content (AvgIpc) is 3.34. The van der Waals surface area contributed by atoms with Gasteiger partial charge < -0.3 is 10.0 Å². The molecule has 6 rings (SSSR count). The summed E-state index contributed by atoms with van der Waals surface area (Å²) in [6, 6.07) is 21.9. The number of anilines is 1. The van der Waals surface area contributed by atoms with E-state index in [0.29, 0.717) is 11.3 Å². The molecule has 9 heteroatoms. The summed E-state index contributed by atoms with van der Waals surface area (Å²) in [5.74, 6) is -1.14. The Bertz CT molecular complexity index is 1540. The molecular formula is C28H27N3O5S. The van der Waals surface area contributed by atoms with Gasteiger partial charge in [0.1, 0.15) is 12.2 Å². The Morgan fingerprint density at radius 1 is 0.919 bits per heavy atom. The number of carbonyl (C=O) groups excluding carboxylic acids is 2. The first-order valence-electron chi connectivity index (χ1n) is 12.1. The number of nitrogens with zero attached hydrogens (tertiary/aromatic N) is 3. The van der Waals surface area contributed by atoms with Gasteiger partial charge >= 0.3 is 0 Å². The number of rotatable bonds is 3. The van der Waals surface area contributed by atoms with Crippen LogP contribution in [0.2, 0.25) is 0 Å². The van der Waals surface area contributed by atoms with E-state index < -0.39 is 45.2 Å². The zero-order valence-electron chi connectivity index (χ0n) is 20.7. The standard InChI is InChI=1S/C28H27N3O5S/c1-18-13-15-20(16-14-18)27-17-28(34)26(33)29(3)19(2)24(32)30(28)25(27)31(23-12-8-7-11-22(23)27)37(35,36)21-9-5-4-6-10-21/h4-16,19,25,34H,17H2,1-3H3/t19-,25-,27-,28+/m0/s1. The van der Waals surface area contributed by atoms with Crippen molar-refractivity contribution in [1.82, 2.24) is 9.80 Å². The number of likely N-dealkylation sites (N-methyl/N-ethyl adjacent to an activating group) is 1. The predicted molar refractivity (Wildman–Crippen MR) is 137 cm³/mol. The molecule has 2 amide bonds. The minimum atomic E-state index is -4.21. The summed E-state index contributed by atoms with van der Waals surface area (Å²) in [5, 5.41) is 12.0. The molecule has 0 radical (unpaired) electrons. The fourth-order valence-corrected chi connectivity index (χ4v) is 7.92. The SMILES string of the molecule is Cc1ccc([C@]23C[C@@]4(O)C(=O)N(C)[C@@H](C)C(=O)N4[C@H]2N(S(=O)(=O)c2ccccc2)c2ccccc23)cc1. The van der Waals surface area contributed by atoms with E-state index in [9.17, 15) is 23.1 Å². The highest BCUT2D eigenvalue weighted by Crippen LogP contribution is 2.62. The average molecular weight is 518 g/mol. The quantitative estimate of drug-likeness (QED) is 0.576. The number of benzene rings is 3. The minimum absolute atomic E-state index is 0.0564. The third kappa shape index (κ3) is 2.89. The van der Waals surface area contributed by atoms with Gasteiger partial charge in [-0.2, -0.15) is 0 Å². The lowest BCUT2D eigenvalue weighted by atomic mass is 9.71. The molecule has 0 spiro atoms. The fourth-order valence-electron chi connectivity index (χ4n) is 6.23. The molecule has 4 atom stereocenters. The first-order chi connectivity index (χ1) is 17.5. The monoisotopic (exact) mass is 517 g/mol. The summed E-state index contributed by atoms with van der Waals surface area (Å²) in [6.07, 6.45) is -1.36. The number of piperazine rings is 1. The van der Waals surface area contributed by atoms with Gasteiger partial charge in [0.05, 0.1) is 16.0 Å². The molecule has 0 unspecified atom stereocenters. The maximum absolute atomic E-state index is 14.3. The van der Waals surface area contributed by atoms with Crippen molar-refractivity contribution in [3.63, 3.8) is 0 Å². The highest BCUT2D eigenvalue weighted by Gasteiger charge is 2.74. The fraction of sp³-hybridized carbons (Fsp3) is 0.286. The lowest BCUT2D eigenvalue weighted by molar-refractivity contribution is -0.193. The minimum Gasteiger partial charge on any atom is -0.363 e. The number of aliphatic hydroxyl groups is 1. The van der Waals surface area contributed by atoms with Gasteiger partial charge in [0, 0.05) is 13.5 Å². The number of sulfonamides is 1. The summed E-state index contributed by atoms with van der Waals surface area (Å²) in [4.78, 5) is 29.9. The Hall–Kier alpha value is -3.69. The zero-order chi connectivity index (χ0) is 26.3. The summed E-state index contributed by atoms with van der Waals surface area (Å²) in [5.41, 5.74) is -0.608. The number of hydrogen-bond donors (Lipinski definition) is 1. The van der Waals surface area contributed by atoms with Crippen molar-refractivity contribution in [2.75, 3.05) is 11.4 Å². The van der Waals surface area contributed by atoms with Gasteiger partial charge in [-0.15, -0.1) is 0 Å². The summed E-state index contributed by atoms with van der Waals surface area (Å²) < 4.78 is 29.8. The largest absolute Gasteiger partial charge is 0.363 e. The highest BCUT2D eigenvalue weighted by atomic mass is 32.2. The molecule has 3 aromatic rings. The smallest absolute Gasteiger partial charge is 0.276 e. The van der Waals surface area contributed by atoms with Crippen molar-refractivity contribution in [1.29, 1.82) is 0 Å². The van der Waals surface area contributed by atoms with Crippen molar-refractivity contribution < 1.29 is 23.1 Å². The lowest BCUT2D eigenvalue weighted by Gasteiger charge is -2.47. The summed E-state index contributed by atoms with van der Waals surface area (Å²) in [6.45, 7) is 3.53. The van der Waals surface area contributed by atoms with Gasteiger partial charge in [0.15, 0.2) is 0 Å². The molecule has 1 N–H and O–H groups in total. The second-order valence-electron chi connectivity index (χ2n) is 10.1. The van der Waals surface area contributed by atoms with Gasteiger partial charge in [0.25, 0.3) is 15.9 Å². The van der Waals surface area contributed by atoms with Crippen LogP contribution in [0, 0.1) is 6.92 Å². The van der Waals surface area contributed by atoms with E-state index in [1.807, 2.05) is 43.3 Å². The molecule has 0 aromatic heterocycles. The Labute approximate surface area is 215 Å². The molecular weight excluding hydrogens is 490 g/mol. The molecule has 0 saturated carbocycles. The Balaban J connectivity index is 1.70. The molecule has 37 heavy (non-hydrogen) atoms. The third-order valence-electron chi connectivity index (χ3n) is 8.16. The summed E-state index contributed by atoms with van der Waals surface area (Å²) >= 11 is 0.